The summed E-state index contributed by atoms with van der Waals surface area (Å²) < 4.78 is 12.5. The van der Waals surface area contributed by atoms with Crippen LogP contribution in [-0.2, 0) is 13.0 Å². The molecule has 2 rings (SSSR count). The fraction of sp³-hybridized carbons (Fsp3) is 0.400. The number of ether oxygens (including phenoxy) is 2. The van der Waals surface area contributed by atoms with Crippen molar-refractivity contribution in [3.05, 3.63) is 57.0 Å². The highest BCUT2D eigenvalue weighted by atomic mass is 79.9. The van der Waals surface area contributed by atoms with Crippen molar-refractivity contribution < 1.29 is 9.47 Å². The van der Waals surface area contributed by atoms with E-state index < -0.39 is 0 Å². The third-order valence-corrected chi connectivity index (χ3v) is 4.40. The topological polar surface area (TPSA) is 30.5 Å². The van der Waals surface area contributed by atoms with E-state index in [0.29, 0.717) is 6.61 Å². The number of nitrogens with one attached hydrogen (secondary N) is 1. The largest absolute Gasteiger partial charge is 0.490 e. The zero-order valence-corrected chi connectivity index (χ0v) is 17.3. The third-order valence-electron chi connectivity index (χ3n) is 3.56. The van der Waals surface area contributed by atoms with Gasteiger partial charge in [-0.05, 0) is 85.1 Å². The van der Waals surface area contributed by atoms with Crippen molar-refractivity contribution in [2.24, 2.45) is 0 Å². The summed E-state index contributed by atoms with van der Waals surface area (Å²) >= 11 is 9.51. The van der Waals surface area contributed by atoms with Gasteiger partial charge in [0.1, 0.15) is 0 Å². The summed E-state index contributed by atoms with van der Waals surface area (Å²) in [5.41, 5.74) is 2.43. The van der Waals surface area contributed by atoms with E-state index >= 15 is 0 Å². The molecule has 0 saturated carbocycles. The molecule has 0 aliphatic rings. The van der Waals surface area contributed by atoms with E-state index in [1.165, 1.54) is 5.56 Å². The van der Waals surface area contributed by atoms with Gasteiger partial charge in [0.2, 0.25) is 0 Å². The maximum atomic E-state index is 5.91. The first-order chi connectivity index (χ1) is 12.0. The zero-order chi connectivity index (χ0) is 18.2. The summed E-state index contributed by atoms with van der Waals surface area (Å²) in [7, 11) is 0. The highest BCUT2D eigenvalue weighted by molar-refractivity contribution is 9.10. The van der Waals surface area contributed by atoms with Gasteiger partial charge in [-0.3, -0.25) is 0 Å². The molecule has 3 nitrogen and oxygen atoms in total. The molecule has 2 aromatic carbocycles. The average molecular weight is 427 g/mol. The first-order valence-corrected chi connectivity index (χ1v) is 9.73. The molecule has 0 spiro atoms. The average Bonchev–Trinajstić information content (AvgIpc) is 2.56. The normalized spacial score (nSPS) is 11.0. The zero-order valence-electron chi connectivity index (χ0n) is 14.9. The van der Waals surface area contributed by atoms with Gasteiger partial charge in [0, 0.05) is 11.6 Å². The predicted molar refractivity (Wildman–Crippen MR) is 108 cm³/mol. The quantitative estimate of drug-likeness (QED) is 0.528. The van der Waals surface area contributed by atoms with Crippen LogP contribution in [0.4, 0.5) is 0 Å². The second-order valence-corrected chi connectivity index (χ2v) is 7.35. The number of rotatable bonds is 9. The van der Waals surface area contributed by atoms with Crippen molar-refractivity contribution >= 4 is 27.5 Å². The Kier molecular flexibility index (Phi) is 8.07. The second kappa shape index (κ2) is 10.0. The lowest BCUT2D eigenvalue weighted by atomic mass is 10.1. The number of halogens is 2. The Labute approximate surface area is 163 Å². The minimum Gasteiger partial charge on any atom is -0.490 e. The summed E-state index contributed by atoms with van der Waals surface area (Å²) in [6, 6.07) is 12.1. The SMILES string of the molecule is CCOc1cc(CNCCc2ccc(Cl)cc2)cc(Br)c1OC(C)C. The highest BCUT2D eigenvalue weighted by Gasteiger charge is 2.13. The van der Waals surface area contributed by atoms with Crippen LogP contribution in [0, 0.1) is 0 Å². The van der Waals surface area contributed by atoms with Crippen molar-refractivity contribution in [1.29, 1.82) is 0 Å². The van der Waals surface area contributed by atoms with Gasteiger partial charge < -0.3 is 14.8 Å². The van der Waals surface area contributed by atoms with Crippen LogP contribution in [0.2, 0.25) is 5.02 Å². The van der Waals surface area contributed by atoms with Gasteiger partial charge in [-0.2, -0.15) is 0 Å². The van der Waals surface area contributed by atoms with Gasteiger partial charge in [-0.25, -0.2) is 0 Å². The van der Waals surface area contributed by atoms with Crippen molar-refractivity contribution in [3.8, 4) is 11.5 Å². The number of hydrogen-bond donors (Lipinski definition) is 1. The molecule has 25 heavy (non-hydrogen) atoms. The first kappa shape index (κ1) is 20.1. The lowest BCUT2D eigenvalue weighted by molar-refractivity contribution is 0.222. The summed E-state index contributed by atoms with van der Waals surface area (Å²) in [5.74, 6) is 1.54. The highest BCUT2D eigenvalue weighted by Crippen LogP contribution is 2.37. The Balaban J connectivity index is 1.95. The van der Waals surface area contributed by atoms with E-state index in [2.05, 4.69) is 39.4 Å². The summed E-state index contributed by atoms with van der Waals surface area (Å²) in [6.07, 6.45) is 1.06. The van der Waals surface area contributed by atoms with Crippen LogP contribution in [0.15, 0.2) is 40.9 Å². The van der Waals surface area contributed by atoms with Gasteiger partial charge in [-0.1, -0.05) is 23.7 Å². The van der Waals surface area contributed by atoms with Gasteiger partial charge >= 0.3 is 0 Å². The fourth-order valence-corrected chi connectivity index (χ4v) is 3.16. The van der Waals surface area contributed by atoms with E-state index in [-0.39, 0.29) is 6.10 Å². The first-order valence-electron chi connectivity index (χ1n) is 8.56. The van der Waals surface area contributed by atoms with Gasteiger partial charge in [0.05, 0.1) is 17.2 Å². The molecule has 0 radical (unpaired) electrons. The van der Waals surface area contributed by atoms with E-state index in [4.69, 9.17) is 21.1 Å². The van der Waals surface area contributed by atoms with Crippen LogP contribution in [0.25, 0.3) is 0 Å². The lowest BCUT2D eigenvalue weighted by Crippen LogP contribution is -2.17. The van der Waals surface area contributed by atoms with Crippen LogP contribution >= 0.6 is 27.5 Å². The van der Waals surface area contributed by atoms with Crippen molar-refractivity contribution in [2.75, 3.05) is 13.2 Å². The summed E-state index contributed by atoms with van der Waals surface area (Å²) in [5, 5.41) is 4.24. The molecule has 5 heteroatoms. The summed E-state index contributed by atoms with van der Waals surface area (Å²) in [6.45, 7) is 8.27. The Morgan fingerprint density at radius 1 is 1.12 bits per heavy atom. The standard InChI is InChI=1S/C20H25BrClNO2/c1-4-24-19-12-16(11-18(21)20(19)25-14(2)3)13-23-10-9-15-5-7-17(22)8-6-15/h5-8,11-12,14,23H,4,9-10,13H2,1-3H3. The van der Waals surface area contributed by atoms with E-state index in [1.54, 1.807) is 0 Å². The minimum absolute atomic E-state index is 0.0962. The molecule has 0 aliphatic heterocycles. The molecule has 0 amide bonds. The Bertz CT molecular complexity index is 674. The molecule has 0 aliphatic carbocycles. The molecule has 0 heterocycles. The molecule has 0 atom stereocenters. The van der Waals surface area contributed by atoms with E-state index in [1.807, 2.05) is 39.0 Å². The molecule has 0 unspecified atom stereocenters. The van der Waals surface area contributed by atoms with Crippen LogP contribution in [0.3, 0.4) is 0 Å². The molecule has 2 aromatic rings. The predicted octanol–water partition coefficient (Wildman–Crippen LogP) is 5.62. The molecular formula is C20H25BrClNO2. The Morgan fingerprint density at radius 3 is 2.48 bits per heavy atom. The van der Waals surface area contributed by atoms with Crippen molar-refractivity contribution in [2.45, 2.75) is 39.8 Å². The smallest absolute Gasteiger partial charge is 0.175 e. The molecule has 0 aromatic heterocycles. The Morgan fingerprint density at radius 2 is 1.84 bits per heavy atom. The molecule has 0 bridgehead atoms. The number of hydrogen-bond acceptors (Lipinski definition) is 3. The van der Waals surface area contributed by atoms with Crippen molar-refractivity contribution in [3.63, 3.8) is 0 Å². The maximum Gasteiger partial charge on any atom is 0.175 e. The molecular weight excluding hydrogens is 402 g/mol. The van der Waals surface area contributed by atoms with Gasteiger partial charge in [0.25, 0.3) is 0 Å². The second-order valence-electron chi connectivity index (χ2n) is 6.06. The number of benzene rings is 2. The van der Waals surface area contributed by atoms with E-state index in [9.17, 15) is 0 Å². The van der Waals surface area contributed by atoms with E-state index in [0.717, 1.165) is 46.1 Å². The molecule has 136 valence electrons. The van der Waals surface area contributed by atoms with Crippen LogP contribution in [0.1, 0.15) is 31.9 Å². The monoisotopic (exact) mass is 425 g/mol. The third kappa shape index (κ3) is 6.53. The molecule has 0 saturated heterocycles. The summed E-state index contributed by atoms with van der Waals surface area (Å²) in [4.78, 5) is 0. The van der Waals surface area contributed by atoms with Gasteiger partial charge in [-0.15, -0.1) is 0 Å². The molecule has 0 fully saturated rings. The van der Waals surface area contributed by atoms with Crippen molar-refractivity contribution in [1.82, 2.24) is 5.32 Å². The maximum absolute atomic E-state index is 5.91. The van der Waals surface area contributed by atoms with Crippen LogP contribution < -0.4 is 14.8 Å². The Hall–Kier alpha value is -1.23. The van der Waals surface area contributed by atoms with Crippen LogP contribution in [-0.4, -0.2) is 19.3 Å². The van der Waals surface area contributed by atoms with Crippen LogP contribution in [0.5, 0.6) is 11.5 Å². The lowest BCUT2D eigenvalue weighted by Gasteiger charge is -2.17. The minimum atomic E-state index is 0.0962. The fourth-order valence-electron chi connectivity index (χ4n) is 2.45. The van der Waals surface area contributed by atoms with Gasteiger partial charge in [0.15, 0.2) is 11.5 Å². The molecule has 1 N–H and O–H groups in total.